The second kappa shape index (κ2) is 11.9. The molecule has 0 fully saturated rings. The van der Waals surface area contributed by atoms with Gasteiger partial charge in [0.15, 0.2) is 0 Å². The zero-order valence-corrected chi connectivity index (χ0v) is 29.0. The second-order valence-corrected chi connectivity index (χ2v) is 13.5. The highest BCUT2D eigenvalue weighted by Crippen LogP contribution is 2.46. The quantitative estimate of drug-likeness (QED) is 0.171. The van der Waals surface area contributed by atoms with Crippen LogP contribution in [0, 0.1) is 13.8 Å². The third-order valence-corrected chi connectivity index (χ3v) is 10.4. The normalized spacial score (nSPS) is 11.7. The molecule has 4 heteroatoms. The summed E-state index contributed by atoms with van der Waals surface area (Å²) in [5.74, 6) is 1.91. The molecular formula is C48H34N4. The van der Waals surface area contributed by atoms with Crippen molar-refractivity contribution in [2.75, 3.05) is 0 Å². The Morgan fingerprint density at radius 3 is 1.42 bits per heavy atom. The third-order valence-electron chi connectivity index (χ3n) is 10.4. The first-order valence-corrected chi connectivity index (χ1v) is 17.8. The number of nitrogens with zero attached hydrogens (tertiary/aromatic N) is 4. The molecule has 246 valence electrons. The van der Waals surface area contributed by atoms with Crippen molar-refractivity contribution in [1.29, 1.82) is 0 Å². The lowest BCUT2D eigenvalue weighted by Crippen LogP contribution is -2.01. The molecule has 0 N–H and O–H groups in total. The zero-order valence-electron chi connectivity index (χ0n) is 29.0. The van der Waals surface area contributed by atoms with Crippen LogP contribution in [0.1, 0.15) is 11.6 Å². The molecule has 0 atom stereocenters. The van der Waals surface area contributed by atoms with Crippen LogP contribution in [0.4, 0.5) is 0 Å². The number of fused-ring (bicyclic) bond motifs is 4. The lowest BCUT2D eigenvalue weighted by atomic mass is 9.85. The van der Waals surface area contributed by atoms with Crippen molar-refractivity contribution >= 4 is 43.6 Å². The van der Waals surface area contributed by atoms with Crippen LogP contribution in [0.2, 0.25) is 0 Å². The van der Waals surface area contributed by atoms with Crippen molar-refractivity contribution in [3.05, 3.63) is 182 Å². The molecule has 10 aromatic rings. The predicted octanol–water partition coefficient (Wildman–Crippen LogP) is 12.3. The smallest absolute Gasteiger partial charge is 0.111 e. The molecule has 0 aliphatic carbocycles. The van der Waals surface area contributed by atoms with Crippen molar-refractivity contribution in [3.8, 4) is 44.8 Å². The molecule has 0 aliphatic heterocycles. The Labute approximate surface area is 301 Å². The fourth-order valence-electron chi connectivity index (χ4n) is 8.15. The number of benzene rings is 8. The maximum absolute atomic E-state index is 4.99. The highest BCUT2D eigenvalue weighted by molar-refractivity contribution is 6.18. The predicted molar refractivity (Wildman–Crippen MR) is 216 cm³/mol. The Morgan fingerprint density at radius 1 is 0.365 bits per heavy atom. The summed E-state index contributed by atoms with van der Waals surface area (Å²) in [5, 5.41) is 4.70. The first-order chi connectivity index (χ1) is 25.6. The first kappa shape index (κ1) is 30.1. The molecule has 0 saturated carbocycles. The molecule has 2 aromatic heterocycles. The molecule has 0 saturated heterocycles. The van der Waals surface area contributed by atoms with E-state index < -0.39 is 0 Å². The van der Waals surface area contributed by atoms with E-state index in [1.165, 1.54) is 44.2 Å². The van der Waals surface area contributed by atoms with E-state index in [4.69, 9.17) is 9.97 Å². The molecule has 10 rings (SSSR count). The fraction of sp³-hybridized carbons (Fsp3) is 0.0417. The van der Waals surface area contributed by atoms with Crippen molar-refractivity contribution in [2.24, 2.45) is 0 Å². The summed E-state index contributed by atoms with van der Waals surface area (Å²) in [7, 11) is 0. The Bertz CT molecular complexity index is 2830. The summed E-state index contributed by atoms with van der Waals surface area (Å²) in [4.78, 5) is 9.99. The summed E-state index contributed by atoms with van der Waals surface area (Å²) in [6, 6.07) is 61.1. The number of para-hydroxylation sites is 4. The van der Waals surface area contributed by atoms with E-state index in [2.05, 4.69) is 193 Å². The molecule has 0 spiro atoms. The largest absolute Gasteiger partial charge is 0.296 e. The summed E-state index contributed by atoms with van der Waals surface area (Å²) in [5.41, 5.74) is 13.5. The van der Waals surface area contributed by atoms with E-state index in [-0.39, 0.29) is 0 Å². The van der Waals surface area contributed by atoms with Gasteiger partial charge in [-0.3, -0.25) is 9.13 Å². The van der Waals surface area contributed by atoms with Gasteiger partial charge in [-0.25, -0.2) is 9.97 Å². The molecule has 2 heterocycles. The summed E-state index contributed by atoms with van der Waals surface area (Å²) in [6.45, 7) is 4.20. The van der Waals surface area contributed by atoms with E-state index >= 15 is 0 Å². The van der Waals surface area contributed by atoms with Gasteiger partial charge >= 0.3 is 0 Å². The van der Waals surface area contributed by atoms with Crippen molar-refractivity contribution in [3.63, 3.8) is 0 Å². The summed E-state index contributed by atoms with van der Waals surface area (Å²) < 4.78 is 4.62. The summed E-state index contributed by atoms with van der Waals surface area (Å²) in [6.07, 6.45) is 0. The van der Waals surface area contributed by atoms with Gasteiger partial charge in [-0.2, -0.15) is 0 Å². The highest BCUT2D eigenvalue weighted by Gasteiger charge is 2.21. The maximum atomic E-state index is 4.99. The molecule has 0 aliphatic rings. The molecule has 0 bridgehead atoms. The van der Waals surface area contributed by atoms with Gasteiger partial charge in [0.2, 0.25) is 0 Å². The van der Waals surface area contributed by atoms with E-state index in [0.29, 0.717) is 0 Å². The minimum Gasteiger partial charge on any atom is -0.296 e. The van der Waals surface area contributed by atoms with Crippen molar-refractivity contribution in [2.45, 2.75) is 13.8 Å². The summed E-state index contributed by atoms with van der Waals surface area (Å²) >= 11 is 0. The number of imidazole rings is 2. The number of rotatable bonds is 5. The monoisotopic (exact) mass is 666 g/mol. The average Bonchev–Trinajstić information content (AvgIpc) is 3.71. The van der Waals surface area contributed by atoms with E-state index in [9.17, 15) is 0 Å². The first-order valence-electron chi connectivity index (χ1n) is 17.8. The lowest BCUT2D eigenvalue weighted by molar-refractivity contribution is 1.01. The minimum absolute atomic E-state index is 0.955. The minimum atomic E-state index is 0.955. The van der Waals surface area contributed by atoms with Gasteiger partial charge in [0.05, 0.1) is 33.4 Å². The Balaban J connectivity index is 1.39. The molecule has 52 heavy (non-hydrogen) atoms. The second-order valence-electron chi connectivity index (χ2n) is 13.5. The fourth-order valence-corrected chi connectivity index (χ4v) is 8.15. The topological polar surface area (TPSA) is 35.6 Å². The van der Waals surface area contributed by atoms with Gasteiger partial charge in [-0.05, 0) is 107 Å². The molecule has 4 nitrogen and oxygen atoms in total. The SMILES string of the molecule is Cc1nc2ccccc2n1-c1cccc2c(-c3cc(-c4ccccc4)ccc3-c3ccccc3)c3cccc(-n4c(C)nc5ccccc54)c3cc12. The molecule has 8 aromatic carbocycles. The number of hydrogen-bond acceptors (Lipinski definition) is 2. The average molecular weight is 667 g/mol. The van der Waals surface area contributed by atoms with Crippen LogP contribution >= 0.6 is 0 Å². The van der Waals surface area contributed by atoms with Crippen LogP contribution in [-0.4, -0.2) is 19.1 Å². The Hall–Kier alpha value is -6.78. The molecule has 0 unspecified atom stereocenters. The number of hydrogen-bond donors (Lipinski definition) is 0. The highest BCUT2D eigenvalue weighted by atomic mass is 15.1. The van der Waals surface area contributed by atoms with Crippen molar-refractivity contribution < 1.29 is 0 Å². The number of aromatic nitrogens is 4. The van der Waals surface area contributed by atoms with Gasteiger partial charge in [0, 0.05) is 10.8 Å². The Kier molecular flexibility index (Phi) is 6.90. The molecule has 0 amide bonds. The molecular weight excluding hydrogens is 633 g/mol. The van der Waals surface area contributed by atoms with Crippen LogP contribution in [0.5, 0.6) is 0 Å². The van der Waals surface area contributed by atoms with Crippen LogP contribution in [0.3, 0.4) is 0 Å². The maximum Gasteiger partial charge on any atom is 0.111 e. The standard InChI is InChI=1S/C48H34N4/c1-31-49-42-21-9-11-23-46(42)51(31)44-25-13-19-37-39(44)30-40-38(20-14-26-45(40)52-32(2)50-43-22-10-12-24-47(43)52)48(37)41-29-35(33-15-5-3-6-16-33)27-28-36(41)34-17-7-4-8-18-34/h3-30H,1-2H3. The zero-order chi connectivity index (χ0) is 34.8. The van der Waals surface area contributed by atoms with Crippen molar-refractivity contribution in [1.82, 2.24) is 19.1 Å². The van der Waals surface area contributed by atoms with Gasteiger partial charge < -0.3 is 0 Å². The third kappa shape index (κ3) is 4.69. The van der Waals surface area contributed by atoms with Gasteiger partial charge in [-0.15, -0.1) is 0 Å². The van der Waals surface area contributed by atoms with Crippen LogP contribution in [0.15, 0.2) is 170 Å². The number of aryl methyl sites for hydroxylation is 2. The van der Waals surface area contributed by atoms with Gasteiger partial charge in [0.25, 0.3) is 0 Å². The van der Waals surface area contributed by atoms with Crippen LogP contribution < -0.4 is 0 Å². The lowest BCUT2D eigenvalue weighted by Gasteiger charge is -2.21. The van der Waals surface area contributed by atoms with Crippen LogP contribution in [0.25, 0.3) is 88.4 Å². The molecule has 0 radical (unpaired) electrons. The van der Waals surface area contributed by atoms with Crippen LogP contribution in [-0.2, 0) is 0 Å². The van der Waals surface area contributed by atoms with E-state index in [1.807, 2.05) is 0 Å². The van der Waals surface area contributed by atoms with E-state index in [1.54, 1.807) is 0 Å². The Morgan fingerprint density at radius 2 is 0.865 bits per heavy atom. The van der Waals surface area contributed by atoms with E-state index in [0.717, 1.165) is 55.9 Å². The van der Waals surface area contributed by atoms with Gasteiger partial charge in [0.1, 0.15) is 11.6 Å². The van der Waals surface area contributed by atoms with Gasteiger partial charge in [-0.1, -0.05) is 121 Å².